The maximum Gasteiger partial charge on any atom is 0.195 e. The fourth-order valence-electron chi connectivity index (χ4n) is 1.76. The van der Waals surface area contributed by atoms with Gasteiger partial charge in [-0.05, 0) is 45.2 Å². The average molecular weight is 277 g/mol. The van der Waals surface area contributed by atoms with Crippen molar-refractivity contribution < 1.29 is 0 Å². The van der Waals surface area contributed by atoms with E-state index in [1.54, 1.807) is 12.4 Å². The van der Waals surface area contributed by atoms with Crippen LogP contribution in [-0.2, 0) is 6.54 Å². The van der Waals surface area contributed by atoms with Gasteiger partial charge in [0.1, 0.15) is 0 Å². The Morgan fingerprint density at radius 1 is 1.37 bits per heavy atom. The van der Waals surface area contributed by atoms with Gasteiger partial charge in [-0.3, -0.25) is 14.6 Å². The summed E-state index contributed by atoms with van der Waals surface area (Å²) in [6.45, 7) is 6.11. The van der Waals surface area contributed by atoms with Crippen molar-refractivity contribution in [1.82, 2.24) is 24.6 Å². The van der Waals surface area contributed by atoms with E-state index in [0.29, 0.717) is 10.8 Å². The number of H-pyrrole nitrogens is 1. The summed E-state index contributed by atoms with van der Waals surface area (Å²) < 4.78 is 2.69. The number of aromatic nitrogens is 4. The van der Waals surface area contributed by atoms with Gasteiger partial charge in [0.15, 0.2) is 10.6 Å². The number of rotatable bonds is 5. The highest BCUT2D eigenvalue weighted by Crippen LogP contribution is 2.15. The molecule has 2 aromatic heterocycles. The molecular weight excluding hydrogens is 258 g/mol. The molecule has 0 aromatic carbocycles. The summed E-state index contributed by atoms with van der Waals surface area (Å²) in [5, 5.41) is 7.17. The van der Waals surface area contributed by atoms with E-state index < -0.39 is 0 Å². The zero-order chi connectivity index (χ0) is 13.8. The van der Waals surface area contributed by atoms with Crippen LogP contribution in [0.25, 0.3) is 11.4 Å². The molecule has 0 saturated heterocycles. The smallest absolute Gasteiger partial charge is 0.195 e. The van der Waals surface area contributed by atoms with E-state index in [0.717, 1.165) is 24.5 Å². The van der Waals surface area contributed by atoms with Crippen molar-refractivity contribution in [3.05, 3.63) is 29.3 Å². The summed E-state index contributed by atoms with van der Waals surface area (Å²) in [6.07, 6.45) is 3.52. The summed E-state index contributed by atoms with van der Waals surface area (Å²) in [5.41, 5.74) is 1.02. The van der Waals surface area contributed by atoms with E-state index in [4.69, 9.17) is 12.2 Å². The minimum absolute atomic E-state index is 0.519. The molecule has 0 saturated carbocycles. The SMILES string of the molecule is CC(C)N(C)CCn1c(-c2ccncc2)n[nH]c1=S. The van der Waals surface area contributed by atoms with Gasteiger partial charge >= 0.3 is 0 Å². The Morgan fingerprint density at radius 3 is 2.68 bits per heavy atom. The summed E-state index contributed by atoms with van der Waals surface area (Å²) in [5.74, 6) is 0.865. The number of nitrogens with one attached hydrogen (secondary N) is 1. The standard InChI is InChI=1S/C13H19N5S/c1-10(2)17(3)8-9-18-12(15-16-13(18)19)11-4-6-14-7-5-11/h4-7,10H,8-9H2,1-3H3,(H,16,19). The maximum absolute atomic E-state index is 5.30. The molecule has 0 radical (unpaired) electrons. The van der Waals surface area contributed by atoms with Gasteiger partial charge in [0.2, 0.25) is 0 Å². The fraction of sp³-hybridized carbons (Fsp3) is 0.462. The predicted octanol–water partition coefficient (Wildman–Crippen LogP) is 2.34. The van der Waals surface area contributed by atoms with Crippen LogP contribution in [0.4, 0.5) is 0 Å². The first kappa shape index (κ1) is 13.9. The van der Waals surface area contributed by atoms with Gasteiger partial charge in [0.25, 0.3) is 0 Å². The second kappa shape index (κ2) is 6.08. The lowest BCUT2D eigenvalue weighted by Gasteiger charge is -2.21. The molecule has 2 rings (SSSR count). The quantitative estimate of drug-likeness (QED) is 0.852. The van der Waals surface area contributed by atoms with Crippen molar-refractivity contribution >= 4 is 12.2 Å². The van der Waals surface area contributed by atoms with Crippen LogP contribution in [0.3, 0.4) is 0 Å². The van der Waals surface area contributed by atoms with Gasteiger partial charge in [-0.25, -0.2) is 0 Å². The normalized spacial score (nSPS) is 11.4. The van der Waals surface area contributed by atoms with Gasteiger partial charge in [-0.15, -0.1) is 0 Å². The molecule has 102 valence electrons. The van der Waals surface area contributed by atoms with Crippen LogP contribution >= 0.6 is 12.2 Å². The van der Waals surface area contributed by atoms with Crippen LogP contribution in [0.15, 0.2) is 24.5 Å². The van der Waals surface area contributed by atoms with E-state index >= 15 is 0 Å². The minimum atomic E-state index is 0.519. The van der Waals surface area contributed by atoms with Crippen molar-refractivity contribution in [3.8, 4) is 11.4 Å². The number of nitrogens with zero attached hydrogens (tertiary/aromatic N) is 4. The highest BCUT2D eigenvalue weighted by molar-refractivity contribution is 7.71. The average Bonchev–Trinajstić information content (AvgIpc) is 2.78. The molecule has 2 aromatic rings. The molecule has 2 heterocycles. The van der Waals surface area contributed by atoms with E-state index in [-0.39, 0.29) is 0 Å². The van der Waals surface area contributed by atoms with E-state index in [2.05, 4.69) is 41.0 Å². The van der Waals surface area contributed by atoms with Crippen LogP contribution < -0.4 is 0 Å². The van der Waals surface area contributed by atoms with Crippen molar-refractivity contribution in [1.29, 1.82) is 0 Å². The highest BCUT2D eigenvalue weighted by Gasteiger charge is 2.10. The van der Waals surface area contributed by atoms with Crippen LogP contribution in [0, 0.1) is 4.77 Å². The first-order valence-corrected chi connectivity index (χ1v) is 6.76. The Bertz CT molecular complexity index is 572. The van der Waals surface area contributed by atoms with Gasteiger partial charge in [0, 0.05) is 37.1 Å². The lowest BCUT2D eigenvalue weighted by atomic mass is 10.2. The third-order valence-electron chi connectivity index (χ3n) is 3.25. The van der Waals surface area contributed by atoms with E-state index in [9.17, 15) is 0 Å². The van der Waals surface area contributed by atoms with Gasteiger partial charge in [0.05, 0.1) is 0 Å². The van der Waals surface area contributed by atoms with Crippen LogP contribution in [0.5, 0.6) is 0 Å². The maximum atomic E-state index is 5.30. The van der Waals surface area contributed by atoms with Crippen molar-refractivity contribution in [2.24, 2.45) is 0 Å². The molecule has 5 nitrogen and oxygen atoms in total. The molecule has 0 atom stereocenters. The highest BCUT2D eigenvalue weighted by atomic mass is 32.1. The van der Waals surface area contributed by atoms with Gasteiger partial charge in [-0.1, -0.05) is 0 Å². The molecule has 0 aliphatic rings. The lowest BCUT2D eigenvalue weighted by molar-refractivity contribution is 0.263. The number of likely N-dealkylation sites (N-methyl/N-ethyl adjacent to an activating group) is 1. The number of aromatic amines is 1. The molecule has 0 aliphatic carbocycles. The summed E-state index contributed by atoms with van der Waals surface area (Å²) in [6, 6.07) is 4.40. The van der Waals surface area contributed by atoms with E-state index in [1.807, 2.05) is 16.7 Å². The third kappa shape index (κ3) is 3.27. The second-order valence-electron chi connectivity index (χ2n) is 4.81. The Kier molecular flexibility index (Phi) is 4.44. The number of pyridine rings is 1. The molecule has 0 spiro atoms. The molecule has 6 heteroatoms. The van der Waals surface area contributed by atoms with Crippen LogP contribution in [-0.4, -0.2) is 44.3 Å². The molecule has 0 amide bonds. The molecular formula is C13H19N5S. The topological polar surface area (TPSA) is 49.7 Å². The van der Waals surface area contributed by atoms with Crippen LogP contribution in [0.2, 0.25) is 0 Å². The molecule has 19 heavy (non-hydrogen) atoms. The predicted molar refractivity (Wildman–Crippen MR) is 78.4 cm³/mol. The molecule has 0 aliphatic heterocycles. The van der Waals surface area contributed by atoms with Crippen molar-refractivity contribution in [3.63, 3.8) is 0 Å². The van der Waals surface area contributed by atoms with E-state index in [1.165, 1.54) is 0 Å². The number of hydrogen-bond acceptors (Lipinski definition) is 4. The Morgan fingerprint density at radius 2 is 2.05 bits per heavy atom. The lowest BCUT2D eigenvalue weighted by Crippen LogP contribution is -2.29. The summed E-state index contributed by atoms with van der Waals surface area (Å²) in [7, 11) is 2.11. The fourth-order valence-corrected chi connectivity index (χ4v) is 1.99. The minimum Gasteiger partial charge on any atom is -0.302 e. The van der Waals surface area contributed by atoms with Gasteiger partial charge < -0.3 is 4.90 Å². The zero-order valence-electron chi connectivity index (χ0n) is 11.5. The molecule has 0 unspecified atom stereocenters. The molecule has 1 N–H and O–H groups in total. The Labute approximate surface area is 118 Å². The third-order valence-corrected chi connectivity index (χ3v) is 3.57. The van der Waals surface area contributed by atoms with Gasteiger partial charge in [-0.2, -0.15) is 5.10 Å². The monoisotopic (exact) mass is 277 g/mol. The zero-order valence-corrected chi connectivity index (χ0v) is 12.3. The summed E-state index contributed by atoms with van der Waals surface area (Å²) in [4.78, 5) is 6.31. The van der Waals surface area contributed by atoms with Crippen molar-refractivity contribution in [2.45, 2.75) is 26.4 Å². The first-order chi connectivity index (χ1) is 9.09. The first-order valence-electron chi connectivity index (χ1n) is 6.35. The molecule has 0 bridgehead atoms. The summed E-state index contributed by atoms with van der Waals surface area (Å²) >= 11 is 5.30. The Balaban J connectivity index is 2.22. The molecule has 0 fully saturated rings. The second-order valence-corrected chi connectivity index (χ2v) is 5.20. The van der Waals surface area contributed by atoms with Crippen LogP contribution in [0.1, 0.15) is 13.8 Å². The van der Waals surface area contributed by atoms with Crippen molar-refractivity contribution in [2.75, 3.05) is 13.6 Å². The Hall–Kier alpha value is -1.53. The largest absolute Gasteiger partial charge is 0.302 e. The number of hydrogen-bond donors (Lipinski definition) is 1.